The summed E-state index contributed by atoms with van der Waals surface area (Å²) in [5, 5.41) is 9.37. The van der Waals surface area contributed by atoms with Crippen molar-refractivity contribution in [2.45, 2.75) is 46.0 Å². The van der Waals surface area contributed by atoms with E-state index in [-0.39, 0.29) is 5.41 Å². The first-order valence-corrected chi connectivity index (χ1v) is 7.66. The van der Waals surface area contributed by atoms with Crippen LogP contribution in [-0.2, 0) is 12.3 Å². The van der Waals surface area contributed by atoms with E-state index in [0.717, 1.165) is 28.5 Å². The van der Waals surface area contributed by atoms with Crippen LogP contribution < -0.4 is 0 Å². The minimum absolute atomic E-state index is 0.176. The third-order valence-corrected chi connectivity index (χ3v) is 5.24. The highest BCUT2D eigenvalue weighted by Crippen LogP contribution is 2.31. The van der Waals surface area contributed by atoms with Crippen LogP contribution in [0, 0.1) is 22.4 Å². The molecule has 2 heterocycles. The zero-order chi connectivity index (χ0) is 13.5. The number of aromatic nitrogens is 1. The molecule has 1 aromatic rings. The van der Waals surface area contributed by atoms with E-state index >= 15 is 0 Å². The summed E-state index contributed by atoms with van der Waals surface area (Å²) in [5.74, 6) is 1.19. The van der Waals surface area contributed by atoms with Crippen LogP contribution in [0.25, 0.3) is 0 Å². The predicted octanol–water partition coefficient (Wildman–Crippen LogP) is 2.54. The maximum Gasteiger partial charge on any atom is 0.221 e. The molecule has 0 aromatic carbocycles. The molecular formula is C13H21ClN3S+. The standard InChI is InChI=1S/C13H21ClN3S/c1-8(13(2,3)4)17-6-5-9-11(12(17)15)18-10(7-14)16-9/h8,14-15H,5-7H2,1-4H3/q+1/t8-/m1/s1. The molecule has 1 atom stereocenters. The van der Waals surface area contributed by atoms with Gasteiger partial charge < -0.3 is 4.90 Å². The zero-order valence-corrected chi connectivity index (χ0v) is 13.0. The lowest BCUT2D eigenvalue weighted by molar-refractivity contribution is -0.386. The van der Waals surface area contributed by atoms with Crippen LogP contribution in [0.4, 0.5) is 0 Å². The van der Waals surface area contributed by atoms with Gasteiger partial charge in [0, 0.05) is 19.0 Å². The Kier molecular flexibility index (Phi) is 3.70. The van der Waals surface area contributed by atoms with Gasteiger partial charge >= 0.3 is 0 Å². The molecule has 0 radical (unpaired) electrons. The molecule has 1 aromatic heterocycles. The minimum atomic E-state index is 0.176. The number of halogens is 1. The van der Waals surface area contributed by atoms with Crippen LogP contribution >= 0.6 is 11.3 Å². The molecule has 2 rings (SSSR count). The highest BCUT2D eigenvalue weighted by atomic mass is 35.5. The Balaban J connectivity index is 2.28. The molecule has 0 bridgehead atoms. The van der Waals surface area contributed by atoms with Gasteiger partial charge in [-0.15, -0.1) is 11.3 Å². The molecule has 0 saturated heterocycles. The normalized spacial score (nSPS) is 17.8. The van der Waals surface area contributed by atoms with Gasteiger partial charge in [-0.05, 0) is 12.3 Å². The molecule has 0 spiro atoms. The monoisotopic (exact) mass is 286 g/mol. The van der Waals surface area contributed by atoms with Crippen molar-refractivity contribution < 1.29 is 11.6 Å². The Morgan fingerprint density at radius 3 is 2.72 bits per heavy atom. The third kappa shape index (κ3) is 2.41. The van der Waals surface area contributed by atoms with Gasteiger partial charge in [-0.1, -0.05) is 20.8 Å². The number of alkyl halides is 1. The molecule has 100 valence electrons. The first-order valence-electron chi connectivity index (χ1n) is 6.27. The van der Waals surface area contributed by atoms with E-state index in [2.05, 4.69) is 37.6 Å². The van der Waals surface area contributed by atoms with Gasteiger partial charge in [0.05, 0.1) is 10.6 Å². The van der Waals surface area contributed by atoms with E-state index in [4.69, 9.17) is 17.0 Å². The van der Waals surface area contributed by atoms with Gasteiger partial charge in [0.2, 0.25) is 5.88 Å². The van der Waals surface area contributed by atoms with Crippen molar-refractivity contribution in [1.29, 1.82) is 5.41 Å². The molecule has 0 unspecified atom stereocenters. The summed E-state index contributed by atoms with van der Waals surface area (Å²) in [4.78, 5) is 7.75. The van der Waals surface area contributed by atoms with Crippen molar-refractivity contribution in [2.75, 3.05) is 6.54 Å². The predicted molar refractivity (Wildman–Crippen MR) is 73.4 cm³/mol. The Morgan fingerprint density at radius 1 is 1.50 bits per heavy atom. The van der Waals surface area contributed by atoms with E-state index < -0.39 is 0 Å². The van der Waals surface area contributed by atoms with Crippen LogP contribution in [0.1, 0.15) is 43.3 Å². The lowest BCUT2D eigenvalue weighted by Gasteiger charge is -2.41. The van der Waals surface area contributed by atoms with Crippen LogP contribution in [0.15, 0.2) is 0 Å². The lowest BCUT2D eigenvalue weighted by Crippen LogP contribution is -2.48. The molecule has 1 aliphatic rings. The molecule has 0 fully saturated rings. The van der Waals surface area contributed by atoms with Gasteiger partial charge in [0.1, 0.15) is 17.4 Å². The maximum atomic E-state index is 8.39. The van der Waals surface area contributed by atoms with Crippen molar-refractivity contribution in [2.24, 2.45) is 5.41 Å². The van der Waals surface area contributed by atoms with E-state index in [1.807, 2.05) is 0 Å². The van der Waals surface area contributed by atoms with Gasteiger partial charge in [-0.3, -0.25) is 5.41 Å². The number of fused-ring (bicyclic) bond motifs is 1. The fourth-order valence-corrected chi connectivity index (χ4v) is 3.31. The van der Waals surface area contributed by atoms with Crippen LogP contribution in [0.3, 0.4) is 0 Å². The average Bonchev–Trinajstić information content (AvgIpc) is 2.71. The fraction of sp³-hybridized carbons (Fsp3) is 0.692. The first kappa shape index (κ1) is 13.8. The van der Waals surface area contributed by atoms with Gasteiger partial charge in [-0.25, -0.2) is 4.98 Å². The first-order chi connectivity index (χ1) is 8.34. The summed E-state index contributed by atoms with van der Waals surface area (Å²) in [6.07, 6.45) is 0.934. The molecule has 0 amide bonds. The Labute approximate surface area is 118 Å². The summed E-state index contributed by atoms with van der Waals surface area (Å²) >= 11 is 6.64. The van der Waals surface area contributed by atoms with Gasteiger partial charge in [0.25, 0.3) is 0 Å². The van der Waals surface area contributed by atoms with Crippen molar-refractivity contribution in [1.82, 2.24) is 9.88 Å². The highest BCUT2D eigenvalue weighted by Gasteiger charge is 2.33. The molecule has 0 aliphatic carbocycles. The van der Waals surface area contributed by atoms with E-state index in [0.29, 0.717) is 17.8 Å². The zero-order valence-electron chi connectivity index (χ0n) is 11.4. The molecule has 18 heavy (non-hydrogen) atoms. The summed E-state index contributed by atoms with van der Waals surface area (Å²) in [6, 6.07) is 0.354. The molecule has 1 aliphatic heterocycles. The number of amidine groups is 1. The molecule has 3 nitrogen and oxygen atoms in total. The van der Waals surface area contributed by atoms with Crippen molar-refractivity contribution in [3.05, 3.63) is 15.6 Å². The highest BCUT2D eigenvalue weighted by molar-refractivity contribution is 7.13. The lowest BCUT2D eigenvalue weighted by atomic mass is 9.86. The fourth-order valence-electron chi connectivity index (χ4n) is 2.14. The van der Waals surface area contributed by atoms with Crippen LogP contribution in [-0.4, -0.2) is 28.3 Å². The van der Waals surface area contributed by atoms with Crippen molar-refractivity contribution in [3.63, 3.8) is 0 Å². The van der Waals surface area contributed by atoms with Crippen molar-refractivity contribution >= 4 is 17.2 Å². The Bertz CT molecular complexity index is 461. The van der Waals surface area contributed by atoms with Crippen molar-refractivity contribution in [3.8, 4) is 0 Å². The maximum absolute atomic E-state index is 8.39. The average molecular weight is 287 g/mol. The number of hydrogen-bond acceptors (Lipinski definition) is 3. The number of hydrogen-bond donors (Lipinski definition) is 1. The second-order valence-corrected chi connectivity index (χ2v) is 7.23. The quantitative estimate of drug-likeness (QED) is 0.849. The second-order valence-electron chi connectivity index (χ2n) is 5.86. The SMILES string of the molecule is C[C@@H](N1CCc2nc(C[ClH+])sc2C1=N)C(C)(C)C. The summed E-state index contributed by atoms with van der Waals surface area (Å²) in [5.41, 5.74) is 1.25. The largest absolute Gasteiger partial charge is 0.352 e. The summed E-state index contributed by atoms with van der Waals surface area (Å²) in [7, 11) is 0. The number of rotatable bonds is 2. The Hall–Kier alpha value is -0.610. The van der Waals surface area contributed by atoms with E-state index in [9.17, 15) is 0 Å². The third-order valence-electron chi connectivity index (χ3n) is 3.68. The van der Waals surface area contributed by atoms with Gasteiger partial charge in [-0.2, -0.15) is 0 Å². The number of nitrogens with zero attached hydrogens (tertiary/aromatic N) is 2. The van der Waals surface area contributed by atoms with E-state index in [1.54, 1.807) is 11.3 Å². The molecule has 1 N–H and O–H groups in total. The van der Waals surface area contributed by atoms with Gasteiger partial charge in [0.15, 0.2) is 5.01 Å². The smallest absolute Gasteiger partial charge is 0.221 e. The number of thiazole rings is 1. The topological polar surface area (TPSA) is 40.0 Å². The minimum Gasteiger partial charge on any atom is -0.352 e. The molecule has 5 heteroatoms. The Morgan fingerprint density at radius 2 is 2.17 bits per heavy atom. The van der Waals surface area contributed by atoms with Crippen LogP contribution in [0.5, 0.6) is 0 Å². The molecule has 0 saturated carbocycles. The van der Waals surface area contributed by atoms with Crippen LogP contribution in [0.2, 0.25) is 0 Å². The molecular weight excluding hydrogens is 266 g/mol. The number of nitrogens with one attached hydrogen (secondary N) is 1. The summed E-state index contributed by atoms with van der Waals surface area (Å²) < 4.78 is 0. The second kappa shape index (κ2) is 4.82. The van der Waals surface area contributed by atoms with E-state index in [1.165, 1.54) is 0 Å². The summed E-state index contributed by atoms with van der Waals surface area (Å²) in [6.45, 7) is 9.77.